The SMILES string of the molecule is Cc1c(F)cccc1NCc1cnc2c(c1)c(C)nn2C. The van der Waals surface area contributed by atoms with Crippen molar-refractivity contribution in [2.75, 3.05) is 5.32 Å². The summed E-state index contributed by atoms with van der Waals surface area (Å²) in [5.41, 5.74) is 4.31. The summed E-state index contributed by atoms with van der Waals surface area (Å²) in [4.78, 5) is 4.44. The van der Waals surface area contributed by atoms with Crippen molar-refractivity contribution in [1.29, 1.82) is 0 Å². The van der Waals surface area contributed by atoms with E-state index in [4.69, 9.17) is 0 Å². The largest absolute Gasteiger partial charge is 0.381 e. The van der Waals surface area contributed by atoms with Crippen molar-refractivity contribution in [3.63, 3.8) is 0 Å². The lowest BCUT2D eigenvalue weighted by Crippen LogP contribution is -2.02. The van der Waals surface area contributed by atoms with Crippen LogP contribution in [0, 0.1) is 19.7 Å². The van der Waals surface area contributed by atoms with Crippen LogP contribution in [0.15, 0.2) is 30.5 Å². The summed E-state index contributed by atoms with van der Waals surface area (Å²) in [6, 6.07) is 7.12. The van der Waals surface area contributed by atoms with Crippen molar-refractivity contribution in [1.82, 2.24) is 14.8 Å². The van der Waals surface area contributed by atoms with Gasteiger partial charge in [0.25, 0.3) is 0 Å². The molecule has 0 saturated heterocycles. The number of halogens is 1. The third kappa shape index (κ3) is 2.46. The zero-order valence-electron chi connectivity index (χ0n) is 12.3. The highest BCUT2D eigenvalue weighted by atomic mass is 19.1. The normalized spacial score (nSPS) is 11.0. The summed E-state index contributed by atoms with van der Waals surface area (Å²) in [6.45, 7) is 4.34. The molecule has 0 aliphatic heterocycles. The molecule has 0 aliphatic rings. The van der Waals surface area contributed by atoms with E-state index >= 15 is 0 Å². The van der Waals surface area contributed by atoms with Crippen LogP contribution >= 0.6 is 0 Å². The number of aromatic nitrogens is 3. The predicted octanol–water partition coefficient (Wildman–Crippen LogP) is 3.34. The molecule has 3 rings (SSSR count). The number of nitrogens with zero attached hydrogens (tertiary/aromatic N) is 3. The van der Waals surface area contributed by atoms with E-state index in [9.17, 15) is 4.39 Å². The monoisotopic (exact) mass is 284 g/mol. The van der Waals surface area contributed by atoms with Gasteiger partial charge in [-0.3, -0.25) is 4.68 Å². The van der Waals surface area contributed by atoms with Gasteiger partial charge in [0.1, 0.15) is 5.82 Å². The van der Waals surface area contributed by atoms with Crippen LogP contribution < -0.4 is 5.32 Å². The number of fused-ring (bicyclic) bond motifs is 1. The quantitative estimate of drug-likeness (QED) is 0.802. The van der Waals surface area contributed by atoms with E-state index in [0.717, 1.165) is 28.0 Å². The first-order valence-electron chi connectivity index (χ1n) is 6.83. The second-order valence-electron chi connectivity index (χ2n) is 5.19. The number of hydrogen-bond donors (Lipinski definition) is 1. The molecule has 5 heteroatoms. The maximum Gasteiger partial charge on any atom is 0.157 e. The molecule has 0 unspecified atom stereocenters. The summed E-state index contributed by atoms with van der Waals surface area (Å²) in [5, 5.41) is 8.66. The lowest BCUT2D eigenvalue weighted by molar-refractivity contribution is 0.619. The van der Waals surface area contributed by atoms with Crippen LogP contribution in [-0.2, 0) is 13.6 Å². The summed E-state index contributed by atoms with van der Waals surface area (Å²) >= 11 is 0. The van der Waals surface area contributed by atoms with Gasteiger partial charge in [0.05, 0.1) is 5.69 Å². The highest BCUT2D eigenvalue weighted by Gasteiger charge is 2.08. The predicted molar refractivity (Wildman–Crippen MR) is 81.7 cm³/mol. The Morgan fingerprint density at radius 2 is 2.10 bits per heavy atom. The first-order valence-corrected chi connectivity index (χ1v) is 6.83. The first kappa shape index (κ1) is 13.5. The van der Waals surface area contributed by atoms with E-state index in [1.165, 1.54) is 6.07 Å². The molecule has 4 nitrogen and oxygen atoms in total. The van der Waals surface area contributed by atoms with Crippen molar-refractivity contribution >= 4 is 16.7 Å². The molecule has 108 valence electrons. The molecule has 0 bridgehead atoms. The van der Waals surface area contributed by atoms with Gasteiger partial charge in [0.15, 0.2) is 5.65 Å². The summed E-state index contributed by atoms with van der Waals surface area (Å²) in [6.07, 6.45) is 1.82. The Bertz CT molecular complexity index is 807. The fourth-order valence-electron chi connectivity index (χ4n) is 2.44. The maximum absolute atomic E-state index is 13.5. The topological polar surface area (TPSA) is 42.7 Å². The number of pyridine rings is 1. The Morgan fingerprint density at radius 1 is 1.29 bits per heavy atom. The van der Waals surface area contributed by atoms with Crippen LogP contribution in [0.25, 0.3) is 11.0 Å². The third-order valence-electron chi connectivity index (χ3n) is 3.67. The molecule has 0 saturated carbocycles. The molecular weight excluding hydrogens is 267 g/mol. The van der Waals surface area contributed by atoms with E-state index in [1.54, 1.807) is 17.7 Å². The van der Waals surface area contributed by atoms with E-state index in [0.29, 0.717) is 12.1 Å². The van der Waals surface area contributed by atoms with Gasteiger partial charge >= 0.3 is 0 Å². The van der Waals surface area contributed by atoms with Gasteiger partial charge in [-0.05, 0) is 37.6 Å². The highest BCUT2D eigenvalue weighted by Crippen LogP contribution is 2.20. The molecule has 0 amide bonds. The van der Waals surface area contributed by atoms with Gasteiger partial charge in [0, 0.05) is 36.4 Å². The zero-order chi connectivity index (χ0) is 15.0. The molecule has 1 aromatic carbocycles. The molecule has 1 N–H and O–H groups in total. The van der Waals surface area contributed by atoms with E-state index < -0.39 is 0 Å². The Hall–Kier alpha value is -2.43. The van der Waals surface area contributed by atoms with Gasteiger partial charge < -0.3 is 5.32 Å². The van der Waals surface area contributed by atoms with E-state index in [2.05, 4.69) is 21.5 Å². The van der Waals surface area contributed by atoms with Crippen molar-refractivity contribution in [3.05, 3.63) is 53.1 Å². The third-order valence-corrected chi connectivity index (χ3v) is 3.67. The average molecular weight is 284 g/mol. The Balaban J connectivity index is 1.85. The fourth-order valence-corrected chi connectivity index (χ4v) is 2.44. The molecule has 2 heterocycles. The van der Waals surface area contributed by atoms with Crippen molar-refractivity contribution in [2.45, 2.75) is 20.4 Å². The maximum atomic E-state index is 13.5. The molecule has 0 fully saturated rings. The molecule has 0 spiro atoms. The van der Waals surface area contributed by atoms with Crippen molar-refractivity contribution < 1.29 is 4.39 Å². The number of hydrogen-bond acceptors (Lipinski definition) is 3. The Kier molecular flexibility index (Phi) is 3.33. The van der Waals surface area contributed by atoms with Gasteiger partial charge in [-0.25, -0.2) is 9.37 Å². The van der Waals surface area contributed by atoms with Gasteiger partial charge in [-0.15, -0.1) is 0 Å². The minimum absolute atomic E-state index is 0.198. The minimum Gasteiger partial charge on any atom is -0.381 e. The lowest BCUT2D eigenvalue weighted by atomic mass is 10.1. The van der Waals surface area contributed by atoms with Crippen molar-refractivity contribution in [3.8, 4) is 0 Å². The molecule has 21 heavy (non-hydrogen) atoms. The first-order chi connectivity index (χ1) is 10.1. The molecular formula is C16H17FN4. The molecule has 2 aromatic heterocycles. The lowest BCUT2D eigenvalue weighted by Gasteiger charge is -2.10. The summed E-state index contributed by atoms with van der Waals surface area (Å²) < 4.78 is 15.3. The minimum atomic E-state index is -0.198. The van der Waals surface area contributed by atoms with Crippen LogP contribution in [0.1, 0.15) is 16.8 Å². The van der Waals surface area contributed by atoms with Gasteiger partial charge in [-0.2, -0.15) is 5.10 Å². The van der Waals surface area contributed by atoms with Crippen LogP contribution in [0.4, 0.5) is 10.1 Å². The zero-order valence-corrected chi connectivity index (χ0v) is 12.3. The second-order valence-corrected chi connectivity index (χ2v) is 5.19. The molecule has 3 aromatic rings. The van der Waals surface area contributed by atoms with Gasteiger partial charge in [-0.1, -0.05) is 6.07 Å². The summed E-state index contributed by atoms with van der Waals surface area (Å²) in [5.74, 6) is -0.198. The fraction of sp³-hybridized carbons (Fsp3) is 0.250. The smallest absolute Gasteiger partial charge is 0.157 e. The molecule has 0 atom stereocenters. The van der Waals surface area contributed by atoms with E-state index in [1.807, 2.05) is 26.2 Å². The number of benzene rings is 1. The molecule has 0 radical (unpaired) electrons. The number of anilines is 1. The highest BCUT2D eigenvalue weighted by molar-refractivity contribution is 5.78. The standard InChI is InChI=1S/C16H17FN4/c1-10-14(17)5-4-6-15(10)18-8-12-7-13-11(2)20-21(3)16(13)19-9-12/h4-7,9,18H,8H2,1-3H3. The second kappa shape index (κ2) is 5.16. The van der Waals surface area contributed by atoms with Crippen LogP contribution in [0.2, 0.25) is 0 Å². The molecule has 0 aliphatic carbocycles. The number of nitrogens with one attached hydrogen (secondary N) is 1. The number of aryl methyl sites for hydroxylation is 2. The average Bonchev–Trinajstić information content (AvgIpc) is 2.75. The van der Waals surface area contributed by atoms with Crippen LogP contribution in [-0.4, -0.2) is 14.8 Å². The van der Waals surface area contributed by atoms with Crippen molar-refractivity contribution in [2.24, 2.45) is 7.05 Å². The van der Waals surface area contributed by atoms with Gasteiger partial charge in [0.2, 0.25) is 0 Å². The Morgan fingerprint density at radius 3 is 2.90 bits per heavy atom. The number of rotatable bonds is 3. The summed E-state index contributed by atoms with van der Waals surface area (Å²) in [7, 11) is 1.89. The Labute approximate surface area is 122 Å². The van der Waals surface area contributed by atoms with Crippen LogP contribution in [0.5, 0.6) is 0 Å². The van der Waals surface area contributed by atoms with E-state index in [-0.39, 0.29) is 5.82 Å². The van der Waals surface area contributed by atoms with Crippen LogP contribution in [0.3, 0.4) is 0 Å².